The Bertz CT molecular complexity index is 997. The summed E-state index contributed by atoms with van der Waals surface area (Å²) in [4.78, 5) is 14.1. The maximum Gasteiger partial charge on any atom is 0.235 e. The van der Waals surface area contributed by atoms with Crippen molar-refractivity contribution in [2.75, 3.05) is 19.6 Å². The number of benzene rings is 1. The van der Waals surface area contributed by atoms with E-state index in [9.17, 15) is 19.7 Å². The summed E-state index contributed by atoms with van der Waals surface area (Å²) in [5.41, 5.74) is 9.96. The summed E-state index contributed by atoms with van der Waals surface area (Å²) in [6.45, 7) is 2.12. The van der Waals surface area contributed by atoms with Crippen LogP contribution in [0.5, 0.6) is 0 Å². The molecule has 0 saturated carbocycles. The summed E-state index contributed by atoms with van der Waals surface area (Å²) in [5, 5.41) is 22.7. The van der Waals surface area contributed by atoms with Crippen LogP contribution in [0.1, 0.15) is 30.6 Å². The number of hydrogen-bond donors (Lipinski definition) is 3. The molecule has 0 bridgehead atoms. The second-order valence-corrected chi connectivity index (χ2v) is 8.80. The van der Waals surface area contributed by atoms with Crippen LogP contribution in [0.4, 0.5) is 4.39 Å². The number of nitrogens with zero attached hydrogens (tertiary/aromatic N) is 3. The SMILES string of the molecule is CCC1(N2CC[C@](F)(CN)C2)C(C#N)=CNC(S[C@@H](C(N)=O)c2ccccc2)=C1C#N. The predicted molar refractivity (Wildman–Crippen MR) is 118 cm³/mol. The fourth-order valence-corrected chi connectivity index (χ4v) is 5.40. The number of amides is 1. The van der Waals surface area contributed by atoms with Crippen LogP contribution in [0.15, 0.2) is 52.7 Å². The molecular formula is C22H25FN6OS. The Morgan fingerprint density at radius 3 is 2.58 bits per heavy atom. The first-order chi connectivity index (χ1) is 14.8. The van der Waals surface area contributed by atoms with Gasteiger partial charge in [-0.15, -0.1) is 0 Å². The van der Waals surface area contributed by atoms with Crippen LogP contribution >= 0.6 is 11.8 Å². The zero-order valence-corrected chi connectivity index (χ0v) is 18.1. The van der Waals surface area contributed by atoms with Crippen LogP contribution in [0.25, 0.3) is 0 Å². The summed E-state index contributed by atoms with van der Waals surface area (Å²) in [6, 6.07) is 13.4. The van der Waals surface area contributed by atoms with E-state index in [1.165, 1.54) is 6.20 Å². The standard InChI is InChI=1S/C22H25FN6OS/c1-2-22(29-9-8-21(23,13-26)14-29)16(10-24)12-28-20(17(22)11-25)31-18(19(27)30)15-6-4-3-5-7-15/h3-7,12,18,28H,2,8-9,13-14,26H2,1H3,(H2,27,30)/t18-,21+,22?/m1/s1. The molecule has 1 aromatic rings. The average molecular weight is 441 g/mol. The number of alkyl halides is 1. The molecule has 0 radical (unpaired) electrons. The van der Waals surface area contributed by atoms with Gasteiger partial charge < -0.3 is 16.8 Å². The van der Waals surface area contributed by atoms with Crippen molar-refractivity contribution in [3.8, 4) is 12.1 Å². The molecule has 2 aliphatic rings. The van der Waals surface area contributed by atoms with Gasteiger partial charge in [0.05, 0.1) is 33.9 Å². The van der Waals surface area contributed by atoms with Crippen LogP contribution < -0.4 is 16.8 Å². The molecule has 0 spiro atoms. The third-order valence-corrected chi connectivity index (χ3v) is 7.28. The fourth-order valence-electron chi connectivity index (χ4n) is 4.30. The molecule has 2 heterocycles. The number of nitrogens with one attached hydrogen (secondary N) is 1. The Balaban J connectivity index is 2.08. The second-order valence-electron chi connectivity index (χ2n) is 7.68. The first-order valence-corrected chi connectivity index (χ1v) is 10.9. The topological polar surface area (TPSA) is 132 Å². The lowest BCUT2D eigenvalue weighted by atomic mass is 9.78. The third-order valence-electron chi connectivity index (χ3n) is 5.98. The second kappa shape index (κ2) is 9.11. The van der Waals surface area contributed by atoms with Crippen molar-refractivity contribution in [3.05, 3.63) is 58.3 Å². The highest BCUT2D eigenvalue weighted by Gasteiger charge is 2.52. The summed E-state index contributed by atoms with van der Waals surface area (Å²) in [6.07, 6.45) is 2.15. The Morgan fingerprint density at radius 2 is 2.06 bits per heavy atom. The number of hydrogen-bond acceptors (Lipinski definition) is 7. The quantitative estimate of drug-likeness (QED) is 0.592. The molecule has 1 saturated heterocycles. The first kappa shape index (κ1) is 22.8. The molecule has 1 fully saturated rings. The number of likely N-dealkylation sites (tertiary alicyclic amines) is 1. The van der Waals surface area contributed by atoms with Gasteiger partial charge in [0.1, 0.15) is 10.9 Å². The minimum atomic E-state index is -1.57. The molecule has 31 heavy (non-hydrogen) atoms. The minimum Gasteiger partial charge on any atom is -0.368 e. The summed E-state index contributed by atoms with van der Waals surface area (Å²) in [7, 11) is 0. The van der Waals surface area contributed by atoms with E-state index in [4.69, 9.17) is 11.5 Å². The van der Waals surface area contributed by atoms with Gasteiger partial charge in [-0.25, -0.2) is 4.39 Å². The summed E-state index contributed by atoms with van der Waals surface area (Å²) in [5.74, 6) is -0.549. The zero-order chi connectivity index (χ0) is 22.6. The van der Waals surface area contributed by atoms with Crippen LogP contribution in [-0.4, -0.2) is 41.6 Å². The van der Waals surface area contributed by atoms with Gasteiger partial charge in [0.25, 0.3) is 0 Å². The van der Waals surface area contributed by atoms with Crippen LogP contribution in [0.2, 0.25) is 0 Å². The van der Waals surface area contributed by atoms with Gasteiger partial charge >= 0.3 is 0 Å². The Kier molecular flexibility index (Phi) is 6.71. The number of carbonyl (C=O) groups excluding carboxylic acids is 1. The van der Waals surface area contributed by atoms with Gasteiger partial charge in [0.15, 0.2) is 0 Å². The number of thioether (sulfide) groups is 1. The zero-order valence-electron chi connectivity index (χ0n) is 17.3. The molecule has 7 nitrogen and oxygen atoms in total. The third kappa shape index (κ3) is 4.05. The summed E-state index contributed by atoms with van der Waals surface area (Å²) >= 11 is 1.13. The van der Waals surface area contributed by atoms with Crippen molar-refractivity contribution in [3.63, 3.8) is 0 Å². The highest BCUT2D eigenvalue weighted by molar-refractivity contribution is 8.03. The molecule has 5 N–H and O–H groups in total. The van der Waals surface area contributed by atoms with Gasteiger partial charge in [-0.3, -0.25) is 9.69 Å². The Hall–Kier alpha value is -2.85. The number of dihydropyridines is 1. The van der Waals surface area contributed by atoms with Crippen molar-refractivity contribution >= 4 is 17.7 Å². The van der Waals surface area contributed by atoms with E-state index in [0.717, 1.165) is 11.8 Å². The van der Waals surface area contributed by atoms with E-state index in [-0.39, 0.29) is 25.1 Å². The van der Waals surface area contributed by atoms with Crippen LogP contribution in [-0.2, 0) is 4.79 Å². The molecule has 3 rings (SSSR count). The van der Waals surface area contributed by atoms with E-state index >= 15 is 0 Å². The molecule has 162 valence electrons. The van der Waals surface area contributed by atoms with E-state index in [2.05, 4.69) is 17.5 Å². The average Bonchev–Trinajstić information content (AvgIpc) is 3.19. The molecule has 1 aromatic carbocycles. The normalized spacial score (nSPS) is 27.1. The van der Waals surface area contributed by atoms with Gasteiger partial charge in [-0.1, -0.05) is 49.0 Å². The Labute approximate surface area is 185 Å². The van der Waals surface area contributed by atoms with Crippen molar-refractivity contribution in [2.45, 2.75) is 36.2 Å². The molecule has 3 atom stereocenters. The van der Waals surface area contributed by atoms with Crippen LogP contribution in [0.3, 0.4) is 0 Å². The lowest BCUT2D eigenvalue weighted by Gasteiger charge is -2.43. The van der Waals surface area contributed by atoms with Gasteiger partial charge in [0, 0.05) is 25.8 Å². The van der Waals surface area contributed by atoms with Gasteiger partial charge in [-0.05, 0) is 18.4 Å². The molecule has 2 aliphatic heterocycles. The van der Waals surface area contributed by atoms with Gasteiger partial charge in [0.2, 0.25) is 5.91 Å². The maximum absolute atomic E-state index is 15.0. The molecule has 0 aliphatic carbocycles. The molecule has 0 aromatic heterocycles. The highest BCUT2D eigenvalue weighted by Crippen LogP contribution is 2.46. The van der Waals surface area contributed by atoms with Crippen LogP contribution in [0, 0.1) is 22.7 Å². The number of nitrogens with two attached hydrogens (primary N) is 2. The largest absolute Gasteiger partial charge is 0.368 e. The number of halogens is 1. The maximum atomic E-state index is 15.0. The molecular weight excluding hydrogens is 415 g/mol. The minimum absolute atomic E-state index is 0.0252. The predicted octanol–water partition coefficient (Wildman–Crippen LogP) is 2.21. The highest BCUT2D eigenvalue weighted by atomic mass is 32.2. The smallest absolute Gasteiger partial charge is 0.235 e. The van der Waals surface area contributed by atoms with E-state index in [0.29, 0.717) is 29.1 Å². The van der Waals surface area contributed by atoms with Crippen molar-refractivity contribution < 1.29 is 9.18 Å². The van der Waals surface area contributed by atoms with Crippen molar-refractivity contribution in [2.24, 2.45) is 11.5 Å². The summed E-state index contributed by atoms with van der Waals surface area (Å²) < 4.78 is 15.0. The van der Waals surface area contributed by atoms with E-state index in [1.54, 1.807) is 12.1 Å². The number of primary amides is 1. The number of carbonyl (C=O) groups is 1. The van der Waals surface area contributed by atoms with E-state index < -0.39 is 22.4 Å². The number of rotatable bonds is 7. The fraction of sp³-hybridized carbons (Fsp3) is 0.409. The van der Waals surface area contributed by atoms with Crippen molar-refractivity contribution in [1.29, 1.82) is 10.5 Å². The first-order valence-electron chi connectivity index (χ1n) is 10.0. The monoisotopic (exact) mass is 440 g/mol. The van der Waals surface area contributed by atoms with E-state index in [1.807, 2.05) is 30.0 Å². The molecule has 9 heteroatoms. The van der Waals surface area contributed by atoms with Crippen molar-refractivity contribution in [1.82, 2.24) is 10.2 Å². The number of nitriles is 2. The van der Waals surface area contributed by atoms with Gasteiger partial charge in [-0.2, -0.15) is 10.5 Å². The molecule has 1 amide bonds. The lowest BCUT2D eigenvalue weighted by Crippen LogP contribution is -2.54. The lowest BCUT2D eigenvalue weighted by molar-refractivity contribution is -0.117. The Morgan fingerprint density at radius 1 is 1.35 bits per heavy atom. The molecule has 1 unspecified atom stereocenters.